The Balaban J connectivity index is 1.82. The summed E-state index contributed by atoms with van der Waals surface area (Å²) in [6, 6.07) is 25.4. The van der Waals surface area contributed by atoms with Crippen LogP contribution in [0, 0.1) is 25.2 Å². The number of ether oxygens (including phenoxy) is 2. The van der Waals surface area contributed by atoms with Crippen molar-refractivity contribution in [2.45, 2.75) is 37.5 Å². The van der Waals surface area contributed by atoms with Crippen molar-refractivity contribution in [3.05, 3.63) is 89.5 Å². The van der Waals surface area contributed by atoms with Crippen molar-refractivity contribution in [3.8, 4) is 40.0 Å². The zero-order valence-electron chi connectivity index (χ0n) is 22.7. The van der Waals surface area contributed by atoms with Crippen LogP contribution in [0.15, 0.2) is 77.8 Å². The van der Waals surface area contributed by atoms with Crippen LogP contribution in [0.4, 0.5) is 5.69 Å². The van der Waals surface area contributed by atoms with Gasteiger partial charge in [-0.25, -0.2) is 4.98 Å². The quantitative estimate of drug-likeness (QED) is 0.224. The zero-order valence-corrected chi connectivity index (χ0v) is 23.6. The highest BCUT2D eigenvalue weighted by atomic mass is 32.2. The van der Waals surface area contributed by atoms with Gasteiger partial charge < -0.3 is 14.8 Å². The van der Waals surface area contributed by atoms with Gasteiger partial charge >= 0.3 is 0 Å². The van der Waals surface area contributed by atoms with Gasteiger partial charge in [0.1, 0.15) is 11.1 Å². The van der Waals surface area contributed by atoms with Gasteiger partial charge in [-0.05, 0) is 55.7 Å². The van der Waals surface area contributed by atoms with Crippen LogP contribution >= 0.6 is 11.8 Å². The first-order valence-corrected chi connectivity index (χ1v) is 13.5. The lowest BCUT2D eigenvalue weighted by Crippen LogP contribution is -2.25. The third-order valence-corrected chi connectivity index (χ3v) is 7.90. The number of carbonyl (C=O) groups excluding carboxylic acids is 1. The van der Waals surface area contributed by atoms with E-state index in [1.54, 1.807) is 14.2 Å². The highest BCUT2D eigenvalue weighted by Crippen LogP contribution is 2.43. The summed E-state index contributed by atoms with van der Waals surface area (Å²) in [6.07, 6.45) is 0.557. The second kappa shape index (κ2) is 12.5. The fourth-order valence-electron chi connectivity index (χ4n) is 4.28. The molecule has 1 unspecified atom stereocenters. The molecule has 39 heavy (non-hydrogen) atoms. The van der Waals surface area contributed by atoms with E-state index in [9.17, 15) is 10.1 Å². The summed E-state index contributed by atoms with van der Waals surface area (Å²) in [4.78, 5) is 18.2. The van der Waals surface area contributed by atoms with Crippen molar-refractivity contribution in [2.24, 2.45) is 0 Å². The van der Waals surface area contributed by atoms with Crippen LogP contribution in [0.25, 0.3) is 22.4 Å². The monoisotopic (exact) mass is 537 g/mol. The Labute approximate surface area is 234 Å². The molecule has 0 fully saturated rings. The maximum Gasteiger partial charge on any atom is 0.237 e. The number of benzene rings is 3. The number of aryl methyl sites for hydroxylation is 2. The summed E-state index contributed by atoms with van der Waals surface area (Å²) in [5, 5.41) is 13.4. The molecule has 4 aromatic rings. The molecule has 198 valence electrons. The Kier molecular flexibility index (Phi) is 8.90. The number of anilines is 1. The Hall–Kier alpha value is -4.28. The number of aromatic nitrogens is 1. The Morgan fingerprint density at radius 1 is 0.974 bits per heavy atom. The Bertz CT molecular complexity index is 1530. The average molecular weight is 538 g/mol. The first-order valence-electron chi connectivity index (χ1n) is 12.7. The highest BCUT2D eigenvalue weighted by Gasteiger charge is 2.25. The lowest BCUT2D eigenvalue weighted by Gasteiger charge is -2.19. The third-order valence-electron chi connectivity index (χ3n) is 6.55. The van der Waals surface area contributed by atoms with Gasteiger partial charge in [0.05, 0.1) is 30.7 Å². The Morgan fingerprint density at radius 3 is 2.38 bits per heavy atom. The second-order valence-corrected chi connectivity index (χ2v) is 10.2. The number of nitrogens with one attached hydrogen (secondary N) is 1. The minimum atomic E-state index is -0.461. The molecule has 7 heteroatoms. The first kappa shape index (κ1) is 27.7. The minimum absolute atomic E-state index is 0.137. The van der Waals surface area contributed by atoms with Crippen LogP contribution in [-0.4, -0.2) is 30.4 Å². The van der Waals surface area contributed by atoms with E-state index in [2.05, 4.69) is 11.4 Å². The van der Waals surface area contributed by atoms with E-state index in [0.29, 0.717) is 45.3 Å². The summed E-state index contributed by atoms with van der Waals surface area (Å²) in [6.45, 7) is 6.01. The summed E-state index contributed by atoms with van der Waals surface area (Å²) in [5.74, 6) is 0.949. The summed E-state index contributed by atoms with van der Waals surface area (Å²) in [7, 11) is 3.16. The number of nitriles is 1. The van der Waals surface area contributed by atoms with Gasteiger partial charge in [0.15, 0.2) is 11.5 Å². The maximum absolute atomic E-state index is 13.4. The maximum atomic E-state index is 13.4. The molecule has 1 amide bonds. The first-order chi connectivity index (χ1) is 18.9. The van der Waals surface area contributed by atoms with Gasteiger partial charge in [-0.2, -0.15) is 5.26 Å². The summed E-state index contributed by atoms with van der Waals surface area (Å²) >= 11 is 1.30. The molecule has 0 aliphatic carbocycles. The molecule has 1 aromatic heterocycles. The van der Waals surface area contributed by atoms with Gasteiger partial charge in [0, 0.05) is 22.4 Å². The van der Waals surface area contributed by atoms with Crippen LogP contribution in [0.5, 0.6) is 11.5 Å². The van der Waals surface area contributed by atoms with E-state index in [4.69, 9.17) is 14.5 Å². The van der Waals surface area contributed by atoms with Crippen LogP contribution in [-0.2, 0) is 4.79 Å². The fraction of sp³-hybridized carbons (Fsp3) is 0.219. The molecule has 1 heterocycles. The normalized spacial score (nSPS) is 11.4. The molecule has 0 aliphatic rings. The molecule has 0 spiro atoms. The molecule has 0 bridgehead atoms. The van der Waals surface area contributed by atoms with Crippen molar-refractivity contribution in [2.75, 3.05) is 19.5 Å². The van der Waals surface area contributed by atoms with Crippen molar-refractivity contribution in [3.63, 3.8) is 0 Å². The minimum Gasteiger partial charge on any atom is -0.493 e. The van der Waals surface area contributed by atoms with E-state index >= 15 is 0 Å². The Morgan fingerprint density at radius 2 is 1.74 bits per heavy atom. The average Bonchev–Trinajstić information content (AvgIpc) is 2.97. The van der Waals surface area contributed by atoms with E-state index in [-0.39, 0.29) is 5.91 Å². The molecule has 3 aromatic carbocycles. The number of amides is 1. The smallest absolute Gasteiger partial charge is 0.237 e. The molecule has 6 nitrogen and oxygen atoms in total. The number of thioether (sulfide) groups is 1. The fourth-order valence-corrected chi connectivity index (χ4v) is 5.31. The molecular weight excluding hydrogens is 506 g/mol. The van der Waals surface area contributed by atoms with Gasteiger partial charge in [0.25, 0.3) is 0 Å². The number of carbonyl (C=O) groups is 1. The van der Waals surface area contributed by atoms with Gasteiger partial charge in [0.2, 0.25) is 5.91 Å². The number of hydrogen-bond donors (Lipinski definition) is 1. The van der Waals surface area contributed by atoms with Gasteiger partial charge in [-0.3, -0.25) is 4.79 Å². The molecule has 0 saturated heterocycles. The van der Waals surface area contributed by atoms with Crippen LogP contribution in [0.3, 0.4) is 0 Å². The van der Waals surface area contributed by atoms with Gasteiger partial charge in [-0.1, -0.05) is 67.2 Å². The van der Waals surface area contributed by atoms with Crippen LogP contribution in [0.1, 0.15) is 30.0 Å². The molecular formula is C32H31N3O3S. The zero-order chi connectivity index (χ0) is 27.9. The molecule has 0 aliphatic heterocycles. The van der Waals surface area contributed by atoms with E-state index in [1.165, 1.54) is 11.8 Å². The second-order valence-electron chi connectivity index (χ2n) is 9.06. The molecule has 0 saturated carbocycles. The lowest BCUT2D eigenvalue weighted by atomic mass is 9.98. The predicted octanol–water partition coefficient (Wildman–Crippen LogP) is 7.43. The molecule has 4 rings (SSSR count). The van der Waals surface area contributed by atoms with E-state index < -0.39 is 5.25 Å². The lowest BCUT2D eigenvalue weighted by molar-refractivity contribution is -0.115. The SMILES string of the molecule is CCC(Sc1nc(-c2ccccc2)cc(-c2cccc(OC)c2OC)c1C#N)C(=O)Nc1ccc(C)c(C)c1. The van der Waals surface area contributed by atoms with E-state index in [0.717, 1.165) is 22.4 Å². The molecule has 1 N–H and O–H groups in total. The number of para-hydroxylation sites is 1. The predicted molar refractivity (Wildman–Crippen MR) is 157 cm³/mol. The van der Waals surface area contributed by atoms with Crippen molar-refractivity contribution >= 4 is 23.4 Å². The number of methoxy groups -OCH3 is 2. The number of pyridine rings is 1. The van der Waals surface area contributed by atoms with Crippen molar-refractivity contribution in [1.29, 1.82) is 5.26 Å². The summed E-state index contributed by atoms with van der Waals surface area (Å²) < 4.78 is 11.2. The standard InChI is InChI=1S/C32H31N3O3S/c1-6-29(31(36)34-23-16-15-20(2)21(3)17-23)39-32-26(19-33)25(18-27(35-32)22-11-8-7-9-12-22)24-13-10-14-28(37-4)30(24)38-5/h7-18,29H,6H2,1-5H3,(H,34,36). The van der Waals surface area contributed by atoms with Gasteiger partial charge in [-0.15, -0.1) is 0 Å². The molecule has 1 atom stereocenters. The van der Waals surface area contributed by atoms with Crippen LogP contribution in [0.2, 0.25) is 0 Å². The third kappa shape index (κ3) is 6.08. The van der Waals surface area contributed by atoms with Crippen LogP contribution < -0.4 is 14.8 Å². The van der Waals surface area contributed by atoms with Crippen molar-refractivity contribution < 1.29 is 14.3 Å². The number of rotatable bonds is 9. The highest BCUT2D eigenvalue weighted by molar-refractivity contribution is 8.00. The topological polar surface area (TPSA) is 84.2 Å². The largest absolute Gasteiger partial charge is 0.493 e. The van der Waals surface area contributed by atoms with Crippen molar-refractivity contribution in [1.82, 2.24) is 4.98 Å². The summed E-state index contributed by atoms with van der Waals surface area (Å²) in [5.41, 5.74) is 6.36. The number of nitrogens with zero attached hydrogens (tertiary/aromatic N) is 2. The number of hydrogen-bond acceptors (Lipinski definition) is 6. The van der Waals surface area contributed by atoms with E-state index in [1.807, 2.05) is 93.6 Å². The molecule has 0 radical (unpaired) electrons.